The second-order valence-electron chi connectivity index (χ2n) is 3.60. The Balaban J connectivity index is 2.79. The maximum atomic E-state index is 12.0. The van der Waals surface area contributed by atoms with E-state index < -0.39 is 10.0 Å². The summed E-state index contributed by atoms with van der Waals surface area (Å²) >= 11 is 5.74. The van der Waals surface area contributed by atoms with E-state index in [0.717, 1.165) is 0 Å². The van der Waals surface area contributed by atoms with Crippen LogP contribution in [0.2, 0.25) is 5.15 Å². The number of aromatic nitrogens is 1. The van der Waals surface area contributed by atoms with Gasteiger partial charge in [-0.3, -0.25) is 0 Å². The van der Waals surface area contributed by atoms with Crippen LogP contribution in [0.3, 0.4) is 0 Å². The molecule has 1 unspecified atom stereocenters. The predicted octanol–water partition coefficient (Wildman–Crippen LogP) is 1.44. The number of ether oxygens (including phenoxy) is 1. The second kappa shape index (κ2) is 6.30. The van der Waals surface area contributed by atoms with Crippen LogP contribution in [0.1, 0.15) is 13.3 Å². The summed E-state index contributed by atoms with van der Waals surface area (Å²) in [4.78, 5) is 3.73. The summed E-state index contributed by atoms with van der Waals surface area (Å²) in [7, 11) is -2.05. The summed E-state index contributed by atoms with van der Waals surface area (Å²) in [6.07, 6.45) is 2.03. The third-order valence-electron chi connectivity index (χ3n) is 2.13. The number of halogens is 1. The molecule has 0 aliphatic carbocycles. The number of pyridine rings is 1. The standard InChI is InChI=1S/C10H15ClN2O3S/c1-8(5-7-16-2)13-17(14,15)9-4-3-6-12-10(9)11/h3-4,6,8,13H,5,7H2,1-2H3. The van der Waals surface area contributed by atoms with Crippen molar-refractivity contribution >= 4 is 21.6 Å². The molecule has 1 aromatic rings. The molecule has 1 heterocycles. The minimum Gasteiger partial charge on any atom is -0.385 e. The average Bonchev–Trinajstić information content (AvgIpc) is 2.26. The van der Waals surface area contributed by atoms with Gasteiger partial charge >= 0.3 is 0 Å². The number of nitrogens with one attached hydrogen (secondary N) is 1. The molecule has 0 saturated carbocycles. The summed E-state index contributed by atoms with van der Waals surface area (Å²) in [5, 5.41) is -0.0288. The summed E-state index contributed by atoms with van der Waals surface area (Å²) in [5.74, 6) is 0. The van der Waals surface area contributed by atoms with Crippen molar-refractivity contribution in [3.8, 4) is 0 Å². The van der Waals surface area contributed by atoms with Gasteiger partial charge in [-0.05, 0) is 25.5 Å². The first kappa shape index (κ1) is 14.4. The zero-order chi connectivity index (χ0) is 12.9. The minimum absolute atomic E-state index is 0.00839. The monoisotopic (exact) mass is 278 g/mol. The minimum atomic E-state index is -3.62. The van der Waals surface area contributed by atoms with Crippen LogP contribution < -0.4 is 4.72 Å². The fraction of sp³-hybridized carbons (Fsp3) is 0.500. The zero-order valence-corrected chi connectivity index (χ0v) is 11.3. The van der Waals surface area contributed by atoms with Crippen LogP contribution in [0.15, 0.2) is 23.2 Å². The lowest BCUT2D eigenvalue weighted by atomic mass is 10.3. The Morgan fingerprint density at radius 2 is 2.29 bits per heavy atom. The fourth-order valence-corrected chi connectivity index (χ4v) is 2.98. The highest BCUT2D eigenvalue weighted by atomic mass is 35.5. The Morgan fingerprint density at radius 1 is 1.59 bits per heavy atom. The van der Waals surface area contributed by atoms with Crippen LogP contribution in [-0.4, -0.2) is 33.2 Å². The molecular formula is C10H15ClN2O3S. The van der Waals surface area contributed by atoms with Gasteiger partial charge in [-0.2, -0.15) is 0 Å². The summed E-state index contributed by atoms with van der Waals surface area (Å²) < 4.78 is 31.3. The maximum absolute atomic E-state index is 12.0. The zero-order valence-electron chi connectivity index (χ0n) is 9.68. The van der Waals surface area contributed by atoms with Crippen molar-refractivity contribution in [2.75, 3.05) is 13.7 Å². The van der Waals surface area contributed by atoms with Gasteiger partial charge in [0.25, 0.3) is 0 Å². The van der Waals surface area contributed by atoms with Crippen LogP contribution in [0, 0.1) is 0 Å². The van der Waals surface area contributed by atoms with Crippen molar-refractivity contribution in [3.63, 3.8) is 0 Å². The van der Waals surface area contributed by atoms with E-state index >= 15 is 0 Å². The van der Waals surface area contributed by atoms with Gasteiger partial charge in [0.05, 0.1) is 0 Å². The molecule has 0 saturated heterocycles. The van der Waals surface area contributed by atoms with Gasteiger partial charge in [-0.15, -0.1) is 0 Å². The van der Waals surface area contributed by atoms with Crippen LogP contribution >= 0.6 is 11.6 Å². The molecule has 0 amide bonds. The summed E-state index contributed by atoms with van der Waals surface area (Å²) in [5.41, 5.74) is 0. The van der Waals surface area contributed by atoms with Crippen LogP contribution in [0.25, 0.3) is 0 Å². The fourth-order valence-electron chi connectivity index (χ4n) is 1.25. The van der Waals surface area contributed by atoms with E-state index in [1.807, 2.05) is 0 Å². The molecule has 0 aliphatic heterocycles. The molecule has 5 nitrogen and oxygen atoms in total. The predicted molar refractivity (Wildman–Crippen MR) is 65.5 cm³/mol. The van der Waals surface area contributed by atoms with Gasteiger partial charge in [0.15, 0.2) is 0 Å². The van der Waals surface area contributed by atoms with E-state index in [1.54, 1.807) is 14.0 Å². The van der Waals surface area contributed by atoms with Crippen molar-refractivity contribution in [2.45, 2.75) is 24.3 Å². The van der Waals surface area contributed by atoms with Crippen molar-refractivity contribution in [3.05, 3.63) is 23.5 Å². The Bertz CT molecular complexity index is 464. The lowest BCUT2D eigenvalue weighted by Crippen LogP contribution is -2.33. The molecular weight excluding hydrogens is 264 g/mol. The Labute approximate surface area is 106 Å². The van der Waals surface area contributed by atoms with Gasteiger partial charge in [0.2, 0.25) is 10.0 Å². The van der Waals surface area contributed by atoms with Gasteiger partial charge in [-0.25, -0.2) is 18.1 Å². The van der Waals surface area contributed by atoms with E-state index in [9.17, 15) is 8.42 Å². The SMILES string of the molecule is COCCC(C)NS(=O)(=O)c1cccnc1Cl. The topological polar surface area (TPSA) is 68.3 Å². The smallest absolute Gasteiger partial charge is 0.243 e. The lowest BCUT2D eigenvalue weighted by molar-refractivity contribution is 0.188. The van der Waals surface area contributed by atoms with E-state index in [1.165, 1.54) is 18.3 Å². The quantitative estimate of drug-likeness (QED) is 0.800. The molecule has 7 heteroatoms. The van der Waals surface area contributed by atoms with Crippen molar-refractivity contribution in [2.24, 2.45) is 0 Å². The summed E-state index contributed by atoms with van der Waals surface area (Å²) in [6, 6.07) is 2.72. The molecule has 0 bridgehead atoms. The molecule has 0 fully saturated rings. The molecule has 96 valence electrons. The number of rotatable bonds is 6. The molecule has 17 heavy (non-hydrogen) atoms. The van der Waals surface area contributed by atoms with Crippen molar-refractivity contribution in [1.82, 2.24) is 9.71 Å². The summed E-state index contributed by atoms with van der Waals surface area (Å²) in [6.45, 7) is 2.26. The van der Waals surface area contributed by atoms with Crippen molar-refractivity contribution in [1.29, 1.82) is 0 Å². The Morgan fingerprint density at radius 3 is 2.88 bits per heavy atom. The van der Waals surface area contributed by atoms with Gasteiger partial charge < -0.3 is 4.74 Å². The van der Waals surface area contributed by atoms with Crippen LogP contribution in [-0.2, 0) is 14.8 Å². The van der Waals surface area contributed by atoms with Gasteiger partial charge in [0.1, 0.15) is 10.0 Å². The number of methoxy groups -OCH3 is 1. The molecule has 0 radical (unpaired) electrons. The number of hydrogen-bond donors (Lipinski definition) is 1. The highest BCUT2D eigenvalue weighted by Gasteiger charge is 2.20. The molecule has 1 aromatic heterocycles. The molecule has 0 aromatic carbocycles. The normalized spacial score (nSPS) is 13.6. The van der Waals surface area contributed by atoms with Crippen LogP contribution in [0.4, 0.5) is 0 Å². The number of hydrogen-bond acceptors (Lipinski definition) is 4. The highest BCUT2D eigenvalue weighted by Crippen LogP contribution is 2.17. The molecule has 1 N–H and O–H groups in total. The first-order chi connectivity index (χ1) is 7.97. The first-order valence-corrected chi connectivity index (χ1v) is 6.95. The molecule has 1 rings (SSSR count). The van der Waals surface area contributed by atoms with E-state index in [-0.39, 0.29) is 16.1 Å². The van der Waals surface area contributed by atoms with E-state index in [0.29, 0.717) is 13.0 Å². The van der Waals surface area contributed by atoms with E-state index in [4.69, 9.17) is 16.3 Å². The number of nitrogens with zero attached hydrogens (tertiary/aromatic N) is 1. The van der Waals surface area contributed by atoms with Crippen LogP contribution in [0.5, 0.6) is 0 Å². The largest absolute Gasteiger partial charge is 0.385 e. The second-order valence-corrected chi connectivity index (χ2v) is 5.64. The lowest BCUT2D eigenvalue weighted by Gasteiger charge is -2.14. The maximum Gasteiger partial charge on any atom is 0.243 e. The third-order valence-corrected chi connectivity index (χ3v) is 4.16. The first-order valence-electron chi connectivity index (χ1n) is 5.09. The number of sulfonamides is 1. The third kappa shape index (κ3) is 4.23. The van der Waals surface area contributed by atoms with Gasteiger partial charge in [0, 0.05) is 26.0 Å². The van der Waals surface area contributed by atoms with Gasteiger partial charge in [-0.1, -0.05) is 11.6 Å². The molecule has 1 atom stereocenters. The Hall–Kier alpha value is -0.690. The molecule has 0 aliphatic rings. The van der Waals surface area contributed by atoms with Crippen molar-refractivity contribution < 1.29 is 13.2 Å². The highest BCUT2D eigenvalue weighted by molar-refractivity contribution is 7.89. The van der Waals surface area contributed by atoms with E-state index in [2.05, 4.69) is 9.71 Å². The molecule has 0 spiro atoms. The average molecular weight is 279 g/mol. The Kier molecular flexibility index (Phi) is 5.32.